The second-order valence-corrected chi connectivity index (χ2v) is 4.19. The van der Waals surface area contributed by atoms with Gasteiger partial charge in [-0.25, -0.2) is 0 Å². The molecule has 2 heteroatoms. The Morgan fingerprint density at radius 1 is 1.13 bits per heavy atom. The molecule has 0 aliphatic heterocycles. The smallest absolute Gasteiger partial charge is 0.254 e. The molecule has 0 radical (unpaired) electrons. The molecule has 2 nitrogen and oxygen atoms in total. The largest absolute Gasteiger partial charge is 0.291 e. The summed E-state index contributed by atoms with van der Waals surface area (Å²) in [7, 11) is 0. The van der Waals surface area contributed by atoms with Crippen molar-refractivity contribution < 1.29 is 4.79 Å². The Kier molecular flexibility index (Phi) is 3.38. The van der Waals surface area contributed by atoms with Crippen molar-refractivity contribution in [3.05, 3.63) is 36.7 Å². The summed E-state index contributed by atoms with van der Waals surface area (Å²) in [4.78, 5) is 11.6. The monoisotopic (exact) mass is 203 g/mol. The molecule has 0 atom stereocenters. The highest BCUT2D eigenvalue weighted by atomic mass is 16.1. The van der Waals surface area contributed by atoms with Gasteiger partial charge in [0.15, 0.2) is 0 Å². The molecule has 0 spiro atoms. The van der Waals surface area contributed by atoms with Gasteiger partial charge in [0.25, 0.3) is 5.91 Å². The fraction of sp³-hybridized carbons (Fsp3) is 0.462. The average molecular weight is 203 g/mol. The number of hydrogen-bond acceptors (Lipinski definition) is 1. The molecule has 1 fully saturated rings. The maximum absolute atomic E-state index is 11.6. The van der Waals surface area contributed by atoms with Crippen molar-refractivity contribution in [2.24, 2.45) is 5.92 Å². The topological polar surface area (TPSA) is 22.0 Å². The van der Waals surface area contributed by atoms with Crippen LogP contribution in [0.2, 0.25) is 0 Å². The molecule has 0 unspecified atom stereocenters. The van der Waals surface area contributed by atoms with Crippen molar-refractivity contribution >= 4 is 5.91 Å². The number of carbonyl (C=O) groups excluding carboxylic acids is 1. The van der Waals surface area contributed by atoms with Crippen molar-refractivity contribution in [2.75, 3.05) is 0 Å². The summed E-state index contributed by atoms with van der Waals surface area (Å²) in [5, 5.41) is 0. The number of rotatable bonds is 2. The summed E-state index contributed by atoms with van der Waals surface area (Å²) >= 11 is 0. The Hall–Kier alpha value is -1.31. The summed E-state index contributed by atoms with van der Waals surface area (Å²) in [5.41, 5.74) is 0. The second kappa shape index (κ2) is 4.96. The Balaban J connectivity index is 1.90. The molecule has 1 aliphatic rings. The number of nitrogens with zero attached hydrogens (tertiary/aromatic N) is 1. The number of carbonyl (C=O) groups is 1. The van der Waals surface area contributed by atoms with E-state index in [1.165, 1.54) is 32.1 Å². The lowest BCUT2D eigenvalue weighted by Gasteiger charge is -2.17. The Morgan fingerprint density at radius 3 is 2.47 bits per heavy atom. The van der Waals surface area contributed by atoms with Gasteiger partial charge >= 0.3 is 0 Å². The van der Waals surface area contributed by atoms with E-state index < -0.39 is 0 Å². The minimum Gasteiger partial charge on any atom is -0.291 e. The second-order valence-electron chi connectivity index (χ2n) is 4.19. The van der Waals surface area contributed by atoms with Gasteiger partial charge in [0, 0.05) is 18.5 Å². The molecule has 0 aromatic carbocycles. The lowest BCUT2D eigenvalue weighted by molar-refractivity contribution is 0.0968. The third-order valence-corrected chi connectivity index (χ3v) is 3.02. The van der Waals surface area contributed by atoms with Crippen LogP contribution in [0.3, 0.4) is 0 Å². The van der Waals surface area contributed by atoms with Crippen LogP contribution in [0.1, 0.15) is 36.9 Å². The number of allylic oxidation sites excluding steroid dienone is 2. The summed E-state index contributed by atoms with van der Waals surface area (Å²) in [6, 6.07) is 3.73. The summed E-state index contributed by atoms with van der Waals surface area (Å²) in [6.45, 7) is 0. The molecule has 1 aromatic rings. The van der Waals surface area contributed by atoms with E-state index in [1.807, 2.05) is 12.1 Å². The van der Waals surface area contributed by atoms with Gasteiger partial charge in [0.2, 0.25) is 0 Å². The van der Waals surface area contributed by atoms with Gasteiger partial charge in [0.1, 0.15) is 0 Å². The van der Waals surface area contributed by atoms with Gasteiger partial charge in [-0.05, 0) is 30.9 Å². The average Bonchev–Trinajstić information content (AvgIpc) is 2.81. The maximum atomic E-state index is 11.6. The summed E-state index contributed by atoms with van der Waals surface area (Å²) < 4.78 is 1.61. The van der Waals surface area contributed by atoms with Crippen LogP contribution in [-0.2, 0) is 0 Å². The Morgan fingerprint density at radius 2 is 1.80 bits per heavy atom. The Labute approximate surface area is 90.6 Å². The van der Waals surface area contributed by atoms with Crippen molar-refractivity contribution in [3.63, 3.8) is 0 Å². The van der Waals surface area contributed by atoms with E-state index in [0.717, 1.165) is 0 Å². The molecular formula is C13H17NO. The first kappa shape index (κ1) is 10.2. The van der Waals surface area contributed by atoms with E-state index in [2.05, 4.69) is 6.08 Å². The van der Waals surface area contributed by atoms with Gasteiger partial charge in [-0.3, -0.25) is 9.36 Å². The van der Waals surface area contributed by atoms with Crippen LogP contribution >= 0.6 is 0 Å². The quantitative estimate of drug-likeness (QED) is 0.676. The van der Waals surface area contributed by atoms with Gasteiger partial charge in [-0.15, -0.1) is 0 Å². The predicted octanol–water partition coefficient (Wildman–Crippen LogP) is 3.26. The standard InChI is InChI=1S/C13H17NO/c15-13(14-10-4-5-11-14)9-8-12-6-2-1-3-7-12/h4-5,8-12H,1-3,6-7H2/b9-8+. The highest BCUT2D eigenvalue weighted by Crippen LogP contribution is 2.24. The molecular weight excluding hydrogens is 186 g/mol. The van der Waals surface area contributed by atoms with E-state index >= 15 is 0 Å². The van der Waals surface area contributed by atoms with Gasteiger partial charge in [-0.1, -0.05) is 25.3 Å². The van der Waals surface area contributed by atoms with Crippen LogP contribution in [0.4, 0.5) is 0 Å². The first-order chi connectivity index (χ1) is 7.36. The van der Waals surface area contributed by atoms with E-state index in [1.54, 1.807) is 23.0 Å². The van der Waals surface area contributed by atoms with Crippen LogP contribution in [-0.4, -0.2) is 10.5 Å². The summed E-state index contributed by atoms with van der Waals surface area (Å²) in [6.07, 6.45) is 13.8. The first-order valence-corrected chi connectivity index (χ1v) is 5.72. The van der Waals surface area contributed by atoms with Crippen LogP contribution in [0, 0.1) is 5.92 Å². The number of hydrogen-bond donors (Lipinski definition) is 0. The molecule has 0 saturated heterocycles. The number of aromatic nitrogens is 1. The van der Waals surface area contributed by atoms with E-state index in [-0.39, 0.29) is 5.91 Å². The molecule has 80 valence electrons. The Bertz CT molecular complexity index is 331. The fourth-order valence-corrected chi connectivity index (χ4v) is 2.11. The zero-order valence-electron chi connectivity index (χ0n) is 8.93. The third kappa shape index (κ3) is 2.82. The highest BCUT2D eigenvalue weighted by molar-refractivity contribution is 5.89. The SMILES string of the molecule is O=C(/C=C/C1CCCCC1)n1cccc1. The molecule has 1 aromatic heterocycles. The zero-order chi connectivity index (χ0) is 10.5. The van der Waals surface area contributed by atoms with Gasteiger partial charge in [-0.2, -0.15) is 0 Å². The molecule has 1 saturated carbocycles. The molecule has 15 heavy (non-hydrogen) atoms. The lowest BCUT2D eigenvalue weighted by Crippen LogP contribution is -2.07. The van der Waals surface area contributed by atoms with Crippen LogP contribution in [0.15, 0.2) is 36.7 Å². The maximum Gasteiger partial charge on any atom is 0.254 e. The predicted molar refractivity (Wildman–Crippen MR) is 60.8 cm³/mol. The zero-order valence-corrected chi connectivity index (χ0v) is 8.93. The highest BCUT2D eigenvalue weighted by Gasteiger charge is 2.10. The normalized spacial score (nSPS) is 18.4. The minimum atomic E-state index is 0.0607. The molecule has 2 rings (SSSR count). The van der Waals surface area contributed by atoms with Crippen molar-refractivity contribution in [1.82, 2.24) is 4.57 Å². The van der Waals surface area contributed by atoms with Crippen molar-refractivity contribution in [3.8, 4) is 0 Å². The lowest BCUT2D eigenvalue weighted by atomic mass is 9.89. The van der Waals surface area contributed by atoms with E-state index in [4.69, 9.17) is 0 Å². The van der Waals surface area contributed by atoms with Gasteiger partial charge in [0.05, 0.1) is 0 Å². The summed E-state index contributed by atoms with van der Waals surface area (Å²) in [5.74, 6) is 0.684. The molecule has 1 aliphatic carbocycles. The van der Waals surface area contributed by atoms with E-state index in [9.17, 15) is 4.79 Å². The van der Waals surface area contributed by atoms with Gasteiger partial charge < -0.3 is 0 Å². The molecule has 0 bridgehead atoms. The van der Waals surface area contributed by atoms with Crippen LogP contribution in [0.5, 0.6) is 0 Å². The van der Waals surface area contributed by atoms with E-state index in [0.29, 0.717) is 5.92 Å². The first-order valence-electron chi connectivity index (χ1n) is 5.72. The fourth-order valence-electron chi connectivity index (χ4n) is 2.11. The molecule has 1 heterocycles. The molecule has 0 amide bonds. The minimum absolute atomic E-state index is 0.0607. The van der Waals surface area contributed by atoms with Crippen LogP contribution < -0.4 is 0 Å². The van der Waals surface area contributed by atoms with Crippen molar-refractivity contribution in [1.29, 1.82) is 0 Å². The van der Waals surface area contributed by atoms with Crippen LogP contribution in [0.25, 0.3) is 0 Å². The molecule has 0 N–H and O–H groups in total. The third-order valence-electron chi connectivity index (χ3n) is 3.02. The van der Waals surface area contributed by atoms with Crippen molar-refractivity contribution in [2.45, 2.75) is 32.1 Å².